The fourth-order valence-electron chi connectivity index (χ4n) is 1.09. The minimum absolute atomic E-state index is 0.0508. The van der Waals surface area contributed by atoms with Crippen LogP contribution in [0.4, 0.5) is 0 Å². The summed E-state index contributed by atoms with van der Waals surface area (Å²) in [6, 6.07) is 3.44. The first-order valence-electron chi connectivity index (χ1n) is 4.75. The molecule has 0 radical (unpaired) electrons. The van der Waals surface area contributed by atoms with E-state index >= 15 is 0 Å². The molecule has 1 aromatic heterocycles. The third kappa shape index (κ3) is 3.35. The minimum Gasteiger partial charge on any atom is -0.395 e. The van der Waals surface area contributed by atoms with Crippen molar-refractivity contribution in [1.82, 2.24) is 4.90 Å². The number of rotatable bonds is 3. The molecule has 0 aliphatic carbocycles. The van der Waals surface area contributed by atoms with Gasteiger partial charge in [-0.3, -0.25) is 4.79 Å². The van der Waals surface area contributed by atoms with Crippen molar-refractivity contribution in [2.45, 2.75) is 0 Å². The van der Waals surface area contributed by atoms with Crippen LogP contribution in [0.5, 0.6) is 0 Å². The van der Waals surface area contributed by atoms with Gasteiger partial charge in [-0.05, 0) is 12.1 Å². The van der Waals surface area contributed by atoms with Crippen LogP contribution < -0.4 is 0 Å². The molecule has 0 aliphatic rings. The number of hydrogen-bond donors (Lipinski definition) is 2. The Kier molecular flexibility index (Phi) is 4.99. The summed E-state index contributed by atoms with van der Waals surface area (Å²) in [5.74, 6) is 5.13. The SMILES string of the molecule is CN(CCO)C(=O)c1ccc(C#CCO)s1. The molecule has 4 nitrogen and oxygen atoms in total. The normalized spacial score (nSPS) is 9.44. The van der Waals surface area contributed by atoms with E-state index in [0.717, 1.165) is 4.88 Å². The molecule has 2 N–H and O–H groups in total. The molecule has 1 heterocycles. The molecule has 1 aromatic rings. The number of likely N-dealkylation sites (N-methyl/N-ethyl adjacent to an activating group) is 1. The Labute approximate surface area is 98.1 Å². The van der Waals surface area contributed by atoms with Gasteiger partial charge in [0.1, 0.15) is 6.61 Å². The molecule has 0 aliphatic heterocycles. The molecule has 5 heteroatoms. The molecule has 86 valence electrons. The first-order chi connectivity index (χ1) is 7.69. The molecule has 0 saturated heterocycles. The maximum atomic E-state index is 11.7. The first-order valence-corrected chi connectivity index (χ1v) is 5.56. The zero-order chi connectivity index (χ0) is 12.0. The minimum atomic E-state index is -0.189. The lowest BCUT2D eigenvalue weighted by atomic mass is 10.4. The average Bonchev–Trinajstić information content (AvgIpc) is 2.74. The number of hydrogen-bond acceptors (Lipinski definition) is 4. The highest BCUT2D eigenvalue weighted by molar-refractivity contribution is 7.14. The van der Waals surface area contributed by atoms with Gasteiger partial charge in [0.05, 0.1) is 16.4 Å². The van der Waals surface area contributed by atoms with Gasteiger partial charge in [0.25, 0.3) is 5.91 Å². The summed E-state index contributed by atoms with van der Waals surface area (Å²) < 4.78 is 0. The monoisotopic (exact) mass is 239 g/mol. The van der Waals surface area contributed by atoms with Crippen molar-refractivity contribution in [2.75, 3.05) is 26.8 Å². The summed E-state index contributed by atoms with van der Waals surface area (Å²) in [5, 5.41) is 17.2. The molecule has 1 amide bonds. The maximum Gasteiger partial charge on any atom is 0.263 e. The molecule has 0 saturated carbocycles. The number of carbonyl (C=O) groups is 1. The highest BCUT2D eigenvalue weighted by atomic mass is 32.1. The second-order valence-electron chi connectivity index (χ2n) is 3.07. The number of aliphatic hydroxyl groups is 2. The van der Waals surface area contributed by atoms with Crippen molar-refractivity contribution < 1.29 is 15.0 Å². The highest BCUT2D eigenvalue weighted by Gasteiger charge is 2.12. The predicted molar refractivity (Wildman–Crippen MR) is 62.3 cm³/mol. The first kappa shape index (κ1) is 12.7. The van der Waals surface area contributed by atoms with Crippen molar-refractivity contribution in [2.24, 2.45) is 0 Å². The van der Waals surface area contributed by atoms with E-state index in [9.17, 15) is 4.79 Å². The summed E-state index contributed by atoms with van der Waals surface area (Å²) in [7, 11) is 1.64. The van der Waals surface area contributed by atoms with Crippen LogP contribution in [0.1, 0.15) is 14.5 Å². The van der Waals surface area contributed by atoms with Gasteiger partial charge in [-0.15, -0.1) is 11.3 Å². The van der Waals surface area contributed by atoms with Crippen LogP contribution in [0, 0.1) is 11.8 Å². The van der Waals surface area contributed by atoms with Gasteiger partial charge >= 0.3 is 0 Å². The van der Waals surface area contributed by atoms with E-state index in [1.165, 1.54) is 16.2 Å². The van der Waals surface area contributed by atoms with E-state index in [-0.39, 0.29) is 19.1 Å². The largest absolute Gasteiger partial charge is 0.395 e. The van der Waals surface area contributed by atoms with E-state index in [1.54, 1.807) is 19.2 Å². The zero-order valence-electron chi connectivity index (χ0n) is 8.93. The lowest BCUT2D eigenvalue weighted by Crippen LogP contribution is -2.28. The fourth-order valence-corrected chi connectivity index (χ4v) is 1.96. The predicted octanol–water partition coefficient (Wildman–Crippen LogP) is 0.156. The van der Waals surface area contributed by atoms with Crippen LogP contribution in [0.25, 0.3) is 0 Å². The Morgan fingerprint density at radius 2 is 2.25 bits per heavy atom. The van der Waals surface area contributed by atoms with E-state index in [4.69, 9.17) is 10.2 Å². The van der Waals surface area contributed by atoms with E-state index in [2.05, 4.69) is 11.8 Å². The molecule has 0 atom stereocenters. The Hall–Kier alpha value is -1.35. The molecular formula is C11H13NO3S. The Morgan fingerprint density at radius 3 is 2.88 bits per heavy atom. The van der Waals surface area contributed by atoms with Crippen molar-refractivity contribution >= 4 is 17.2 Å². The highest BCUT2D eigenvalue weighted by Crippen LogP contribution is 2.16. The smallest absolute Gasteiger partial charge is 0.263 e. The summed E-state index contributed by atoms with van der Waals surface area (Å²) in [6.07, 6.45) is 0. The van der Waals surface area contributed by atoms with Gasteiger partial charge in [-0.2, -0.15) is 0 Å². The van der Waals surface area contributed by atoms with Crippen LogP contribution >= 0.6 is 11.3 Å². The third-order valence-corrected chi connectivity index (χ3v) is 2.88. The van der Waals surface area contributed by atoms with Crippen molar-refractivity contribution in [3.05, 3.63) is 21.9 Å². The molecule has 0 bridgehead atoms. The lowest BCUT2D eigenvalue weighted by Gasteiger charge is -2.13. The van der Waals surface area contributed by atoms with E-state index < -0.39 is 0 Å². The van der Waals surface area contributed by atoms with Crippen LogP contribution in [0.3, 0.4) is 0 Å². The number of nitrogens with zero attached hydrogens (tertiary/aromatic N) is 1. The van der Waals surface area contributed by atoms with Crippen LogP contribution in [-0.2, 0) is 0 Å². The summed E-state index contributed by atoms with van der Waals surface area (Å²) in [5.41, 5.74) is 0. The lowest BCUT2D eigenvalue weighted by molar-refractivity contribution is 0.0771. The summed E-state index contributed by atoms with van der Waals surface area (Å²) in [4.78, 5) is 14.5. The molecule has 16 heavy (non-hydrogen) atoms. The van der Waals surface area contributed by atoms with Gasteiger partial charge in [0.2, 0.25) is 0 Å². The number of carbonyl (C=O) groups excluding carboxylic acids is 1. The molecular weight excluding hydrogens is 226 g/mol. The Balaban J connectivity index is 2.74. The van der Waals surface area contributed by atoms with Crippen LogP contribution in [0.15, 0.2) is 12.1 Å². The molecule has 1 rings (SSSR count). The quantitative estimate of drug-likeness (QED) is 0.738. The maximum absolute atomic E-state index is 11.7. The zero-order valence-corrected chi connectivity index (χ0v) is 9.75. The van der Waals surface area contributed by atoms with Gasteiger partial charge in [-0.25, -0.2) is 0 Å². The summed E-state index contributed by atoms with van der Waals surface area (Å²) in [6.45, 7) is 0.0742. The van der Waals surface area contributed by atoms with Crippen molar-refractivity contribution in [3.63, 3.8) is 0 Å². The van der Waals surface area contributed by atoms with Crippen LogP contribution in [0.2, 0.25) is 0 Å². The molecule has 0 aromatic carbocycles. The summed E-state index contributed by atoms with van der Waals surface area (Å²) >= 11 is 1.28. The Bertz CT molecular complexity index is 416. The van der Waals surface area contributed by atoms with Gasteiger partial charge in [0.15, 0.2) is 0 Å². The second kappa shape index (κ2) is 6.28. The number of thiophene rings is 1. The van der Waals surface area contributed by atoms with E-state index in [0.29, 0.717) is 11.4 Å². The van der Waals surface area contributed by atoms with Crippen molar-refractivity contribution in [3.8, 4) is 11.8 Å². The van der Waals surface area contributed by atoms with Gasteiger partial charge in [0, 0.05) is 13.6 Å². The van der Waals surface area contributed by atoms with Crippen molar-refractivity contribution in [1.29, 1.82) is 0 Å². The van der Waals surface area contributed by atoms with Gasteiger partial charge in [-0.1, -0.05) is 11.8 Å². The van der Waals surface area contributed by atoms with E-state index in [1.807, 2.05) is 0 Å². The van der Waals surface area contributed by atoms with Gasteiger partial charge < -0.3 is 15.1 Å². The number of amides is 1. The number of aliphatic hydroxyl groups excluding tert-OH is 2. The Morgan fingerprint density at radius 1 is 1.50 bits per heavy atom. The molecule has 0 spiro atoms. The second-order valence-corrected chi connectivity index (χ2v) is 4.16. The average molecular weight is 239 g/mol. The molecule has 0 unspecified atom stereocenters. The topological polar surface area (TPSA) is 60.8 Å². The molecule has 0 fully saturated rings. The fraction of sp³-hybridized carbons (Fsp3) is 0.364. The van der Waals surface area contributed by atoms with Crippen LogP contribution in [-0.4, -0.2) is 47.8 Å². The third-order valence-electron chi connectivity index (χ3n) is 1.89. The standard InChI is InChI=1S/C11H13NO3S/c1-12(6-8-14)11(15)10-5-4-9(16-10)3-2-7-13/h4-5,13-14H,6-8H2,1H3.